The number of nitrogens with zero attached hydrogens (tertiary/aromatic N) is 2. The second kappa shape index (κ2) is 3.88. The maximum Gasteiger partial charge on any atom is 0.109 e. The molecule has 94 valence electrons. The molecular weight excluding hydrogens is 267 g/mol. The summed E-state index contributed by atoms with van der Waals surface area (Å²) in [6, 6.07) is 4.49. The first-order chi connectivity index (χ1) is 8.72. The Labute approximate surface area is 117 Å². The second-order valence-electron chi connectivity index (χ2n) is 5.51. The van der Waals surface area contributed by atoms with Gasteiger partial charge in [-0.05, 0) is 31.4 Å². The van der Waals surface area contributed by atoms with Crippen molar-refractivity contribution in [2.45, 2.75) is 38.3 Å². The third-order valence-electron chi connectivity index (χ3n) is 4.42. The molecule has 0 N–H and O–H groups in total. The third kappa shape index (κ3) is 1.52. The quantitative estimate of drug-likeness (QED) is 0.687. The van der Waals surface area contributed by atoms with Crippen molar-refractivity contribution < 1.29 is 0 Å². The summed E-state index contributed by atoms with van der Waals surface area (Å²) in [4.78, 5) is 7.32. The lowest BCUT2D eigenvalue weighted by Crippen LogP contribution is -2.34. The van der Waals surface area contributed by atoms with E-state index in [0.717, 1.165) is 12.2 Å². The highest BCUT2D eigenvalue weighted by Crippen LogP contribution is 2.44. The minimum Gasteiger partial charge on any atom is -0.352 e. The fraction of sp³-hybridized carbons (Fsp3) is 0.500. The first-order valence-corrected chi connectivity index (χ1v) is 7.31. The summed E-state index contributed by atoms with van der Waals surface area (Å²) in [5, 5.41) is 1.39. The van der Waals surface area contributed by atoms with Gasteiger partial charge >= 0.3 is 0 Å². The molecule has 0 spiro atoms. The molecule has 18 heavy (non-hydrogen) atoms. The Morgan fingerprint density at radius 2 is 2.11 bits per heavy atom. The number of halogens is 2. The summed E-state index contributed by atoms with van der Waals surface area (Å²) in [6.45, 7) is 0.926. The topological polar surface area (TPSA) is 15.6 Å². The molecule has 2 heterocycles. The molecule has 1 saturated heterocycles. The van der Waals surface area contributed by atoms with Crippen molar-refractivity contribution in [1.82, 2.24) is 4.90 Å². The van der Waals surface area contributed by atoms with E-state index in [1.807, 2.05) is 6.07 Å². The van der Waals surface area contributed by atoms with Crippen molar-refractivity contribution in [2.75, 3.05) is 0 Å². The molecular formula is C14H14Cl2N2. The Morgan fingerprint density at radius 3 is 3.00 bits per heavy atom. The molecule has 1 aromatic rings. The molecule has 2 bridgehead atoms. The van der Waals surface area contributed by atoms with Crippen LogP contribution >= 0.6 is 23.2 Å². The van der Waals surface area contributed by atoms with Crippen LogP contribution in [0.3, 0.4) is 0 Å². The lowest BCUT2D eigenvalue weighted by Gasteiger charge is -2.30. The minimum atomic E-state index is 0.656. The van der Waals surface area contributed by atoms with Crippen LogP contribution in [0.4, 0.5) is 5.69 Å². The van der Waals surface area contributed by atoms with E-state index in [-0.39, 0.29) is 0 Å². The van der Waals surface area contributed by atoms with E-state index in [2.05, 4.69) is 4.90 Å². The molecule has 1 saturated carbocycles. The zero-order valence-corrected chi connectivity index (χ0v) is 11.5. The lowest BCUT2D eigenvalue weighted by atomic mass is 9.90. The molecule has 3 aliphatic rings. The average molecular weight is 281 g/mol. The van der Waals surface area contributed by atoms with Crippen LogP contribution in [0, 0.1) is 5.92 Å². The van der Waals surface area contributed by atoms with Gasteiger partial charge in [0.25, 0.3) is 0 Å². The van der Waals surface area contributed by atoms with Crippen molar-refractivity contribution in [3.8, 4) is 0 Å². The monoisotopic (exact) mass is 280 g/mol. The highest BCUT2D eigenvalue weighted by Gasteiger charge is 2.42. The number of rotatable bonds is 0. The number of hydrogen-bond acceptors (Lipinski definition) is 2. The normalized spacial score (nSPS) is 28.8. The minimum absolute atomic E-state index is 0.656. The number of aliphatic imine (C=N–C) groups is 1. The Morgan fingerprint density at radius 1 is 1.22 bits per heavy atom. The highest BCUT2D eigenvalue weighted by atomic mass is 35.5. The zero-order valence-electron chi connectivity index (χ0n) is 10.00. The van der Waals surface area contributed by atoms with E-state index in [1.165, 1.54) is 37.1 Å². The molecule has 1 aromatic carbocycles. The van der Waals surface area contributed by atoms with Crippen molar-refractivity contribution in [3.63, 3.8) is 0 Å². The smallest absolute Gasteiger partial charge is 0.109 e. The van der Waals surface area contributed by atoms with Gasteiger partial charge in [-0.1, -0.05) is 29.6 Å². The van der Waals surface area contributed by atoms with Crippen molar-refractivity contribution in [1.29, 1.82) is 0 Å². The second-order valence-corrected chi connectivity index (χ2v) is 6.35. The summed E-state index contributed by atoms with van der Waals surface area (Å²) in [5.74, 6) is 1.93. The molecule has 2 unspecified atom stereocenters. The number of amidine groups is 1. The fourth-order valence-electron chi connectivity index (χ4n) is 3.63. The summed E-state index contributed by atoms with van der Waals surface area (Å²) in [5.41, 5.74) is 2.11. The SMILES string of the molecule is Clc1cc(Cl)c2c(c1)CN1C(=N2)C2CCCC1C2. The molecule has 2 atom stereocenters. The Hall–Kier alpha value is -0.730. The van der Waals surface area contributed by atoms with Gasteiger partial charge in [0.2, 0.25) is 0 Å². The molecule has 0 aromatic heterocycles. The number of hydrogen-bond donors (Lipinski definition) is 0. The van der Waals surface area contributed by atoms with Crippen LogP contribution in [0.15, 0.2) is 17.1 Å². The van der Waals surface area contributed by atoms with E-state index in [1.54, 1.807) is 6.07 Å². The van der Waals surface area contributed by atoms with Gasteiger partial charge in [0.1, 0.15) is 5.84 Å². The van der Waals surface area contributed by atoms with Crippen LogP contribution in [-0.2, 0) is 6.54 Å². The fourth-order valence-corrected chi connectivity index (χ4v) is 4.21. The zero-order chi connectivity index (χ0) is 12.3. The molecule has 2 nitrogen and oxygen atoms in total. The van der Waals surface area contributed by atoms with Gasteiger partial charge in [-0.2, -0.15) is 0 Å². The van der Waals surface area contributed by atoms with E-state index in [0.29, 0.717) is 22.0 Å². The van der Waals surface area contributed by atoms with Crippen molar-refractivity contribution in [3.05, 3.63) is 27.7 Å². The molecule has 4 heteroatoms. The van der Waals surface area contributed by atoms with Gasteiger partial charge < -0.3 is 4.90 Å². The summed E-state index contributed by atoms with van der Waals surface area (Å²) in [7, 11) is 0. The van der Waals surface area contributed by atoms with E-state index >= 15 is 0 Å². The van der Waals surface area contributed by atoms with Crippen LogP contribution in [0.25, 0.3) is 0 Å². The maximum atomic E-state index is 6.27. The van der Waals surface area contributed by atoms with Crippen LogP contribution in [0.5, 0.6) is 0 Å². The van der Waals surface area contributed by atoms with Gasteiger partial charge in [0.05, 0.1) is 10.7 Å². The van der Waals surface area contributed by atoms with Crippen molar-refractivity contribution in [2.24, 2.45) is 10.9 Å². The number of benzene rings is 1. The standard InChI is InChI=1S/C14H14Cl2N2/c15-10-4-9-7-18-11-3-1-2-8(5-11)14(18)17-13(9)12(16)6-10/h4,6,8,11H,1-3,5,7H2. The molecule has 0 amide bonds. The van der Waals surface area contributed by atoms with Crippen LogP contribution in [0.1, 0.15) is 31.2 Å². The average Bonchev–Trinajstić information content (AvgIpc) is 2.59. The van der Waals surface area contributed by atoms with E-state index in [9.17, 15) is 0 Å². The Balaban J connectivity index is 1.85. The van der Waals surface area contributed by atoms with E-state index in [4.69, 9.17) is 28.2 Å². The van der Waals surface area contributed by atoms with Gasteiger partial charge in [-0.15, -0.1) is 0 Å². The molecule has 2 fully saturated rings. The Bertz CT molecular complexity index is 553. The van der Waals surface area contributed by atoms with E-state index < -0.39 is 0 Å². The lowest BCUT2D eigenvalue weighted by molar-refractivity contribution is 0.282. The van der Waals surface area contributed by atoms with Gasteiger partial charge in [-0.3, -0.25) is 0 Å². The van der Waals surface area contributed by atoms with Gasteiger partial charge in [0.15, 0.2) is 0 Å². The summed E-state index contributed by atoms with van der Waals surface area (Å²) < 4.78 is 0. The molecule has 0 radical (unpaired) electrons. The maximum absolute atomic E-state index is 6.27. The van der Waals surface area contributed by atoms with Crippen LogP contribution < -0.4 is 0 Å². The third-order valence-corrected chi connectivity index (χ3v) is 4.93. The predicted octanol–water partition coefficient (Wildman–Crippen LogP) is 4.41. The van der Waals surface area contributed by atoms with Gasteiger partial charge in [-0.25, -0.2) is 4.99 Å². The summed E-state index contributed by atoms with van der Waals surface area (Å²) in [6.07, 6.45) is 5.19. The number of fused-ring (bicyclic) bond motifs is 6. The first-order valence-electron chi connectivity index (χ1n) is 6.55. The first kappa shape index (κ1) is 11.1. The highest BCUT2D eigenvalue weighted by molar-refractivity contribution is 6.36. The van der Waals surface area contributed by atoms with Gasteiger partial charge in [0, 0.05) is 29.1 Å². The van der Waals surface area contributed by atoms with Crippen molar-refractivity contribution >= 4 is 34.7 Å². The van der Waals surface area contributed by atoms with Crippen LogP contribution in [-0.4, -0.2) is 16.8 Å². The molecule has 1 aliphatic carbocycles. The predicted molar refractivity (Wildman–Crippen MR) is 74.8 cm³/mol. The largest absolute Gasteiger partial charge is 0.352 e. The molecule has 4 rings (SSSR count). The summed E-state index contributed by atoms with van der Waals surface area (Å²) >= 11 is 12.4. The Kier molecular flexibility index (Phi) is 2.40. The molecule has 2 aliphatic heterocycles. The van der Waals surface area contributed by atoms with Crippen LogP contribution in [0.2, 0.25) is 10.0 Å².